The van der Waals surface area contributed by atoms with E-state index >= 15 is 0 Å². The van der Waals surface area contributed by atoms with Crippen LogP contribution in [-0.2, 0) is 0 Å². The Hall–Kier alpha value is -2.64. The van der Waals surface area contributed by atoms with Crippen LogP contribution in [0.25, 0.3) is 0 Å². The van der Waals surface area contributed by atoms with Gasteiger partial charge in [0.05, 0.1) is 17.4 Å². The summed E-state index contributed by atoms with van der Waals surface area (Å²) in [5.74, 6) is -1.10. The third-order valence-electron chi connectivity index (χ3n) is 3.86. The number of hydrogen-bond acceptors (Lipinski definition) is 4. The van der Waals surface area contributed by atoms with Gasteiger partial charge in [0.2, 0.25) is 0 Å². The highest BCUT2D eigenvalue weighted by atomic mass is 16.2. The number of primary amides is 1. The first-order chi connectivity index (χ1) is 10.9. The Kier molecular flexibility index (Phi) is 4.83. The van der Waals surface area contributed by atoms with Gasteiger partial charge in [0.15, 0.2) is 11.4 Å². The molecule has 0 radical (unpaired) electrons. The third kappa shape index (κ3) is 3.25. The highest BCUT2D eigenvalue weighted by Gasteiger charge is 2.21. The predicted octanol–water partition coefficient (Wildman–Crippen LogP) is 1.94. The van der Waals surface area contributed by atoms with E-state index in [1.165, 1.54) is 0 Å². The number of anilines is 1. The van der Waals surface area contributed by atoms with Gasteiger partial charge < -0.3 is 11.1 Å². The van der Waals surface area contributed by atoms with Crippen LogP contribution in [0.15, 0.2) is 6.07 Å². The summed E-state index contributed by atoms with van der Waals surface area (Å²) in [7, 11) is 0. The van der Waals surface area contributed by atoms with E-state index in [4.69, 9.17) is 5.73 Å². The largest absolute Gasteiger partial charge is 0.364 e. The van der Waals surface area contributed by atoms with Crippen LogP contribution < -0.4 is 11.1 Å². The molecule has 2 rings (SSSR count). The zero-order valence-electron chi connectivity index (χ0n) is 13.8. The molecule has 0 saturated carbocycles. The van der Waals surface area contributed by atoms with Crippen LogP contribution in [-0.4, -0.2) is 31.8 Å². The van der Waals surface area contributed by atoms with Crippen molar-refractivity contribution in [3.8, 4) is 0 Å². The van der Waals surface area contributed by atoms with Gasteiger partial charge in [0.1, 0.15) is 0 Å². The minimum Gasteiger partial charge on any atom is -0.364 e. The first-order valence-electron chi connectivity index (χ1n) is 7.61. The molecule has 0 fully saturated rings. The second-order valence-electron chi connectivity index (χ2n) is 5.48. The molecule has 0 aliphatic heterocycles. The molecular weight excluding hydrogens is 296 g/mol. The van der Waals surface area contributed by atoms with Gasteiger partial charge in [-0.25, -0.2) is 0 Å². The Balaban J connectivity index is 2.27. The van der Waals surface area contributed by atoms with Gasteiger partial charge in [-0.2, -0.15) is 10.2 Å². The first-order valence-corrected chi connectivity index (χ1v) is 7.61. The summed E-state index contributed by atoms with van der Waals surface area (Å²) < 4.78 is 1.87. The number of carbonyl (C=O) groups excluding carboxylic acids is 2. The molecule has 8 nitrogen and oxygen atoms in total. The van der Waals surface area contributed by atoms with Crippen LogP contribution in [0.2, 0.25) is 0 Å². The second-order valence-corrected chi connectivity index (χ2v) is 5.48. The maximum absolute atomic E-state index is 12.4. The topological polar surface area (TPSA) is 119 Å². The molecule has 0 bridgehead atoms. The third-order valence-corrected chi connectivity index (χ3v) is 3.86. The van der Waals surface area contributed by atoms with E-state index in [2.05, 4.69) is 34.5 Å². The molecule has 0 aliphatic carbocycles. The summed E-state index contributed by atoms with van der Waals surface area (Å²) in [6.45, 7) is 7.79. The van der Waals surface area contributed by atoms with Crippen LogP contribution in [0.3, 0.4) is 0 Å². The molecule has 2 heterocycles. The van der Waals surface area contributed by atoms with Gasteiger partial charge in [0, 0.05) is 5.69 Å². The minimum absolute atomic E-state index is 0.00648. The molecule has 2 amide bonds. The molecule has 0 saturated heterocycles. The molecule has 0 spiro atoms. The summed E-state index contributed by atoms with van der Waals surface area (Å²) in [6, 6.07) is 1.99. The van der Waals surface area contributed by atoms with Crippen molar-refractivity contribution in [3.05, 3.63) is 28.8 Å². The van der Waals surface area contributed by atoms with Gasteiger partial charge in [-0.05, 0) is 32.8 Å². The Labute approximate surface area is 134 Å². The van der Waals surface area contributed by atoms with Gasteiger partial charge in [0.25, 0.3) is 11.8 Å². The number of nitrogens with one attached hydrogen (secondary N) is 2. The monoisotopic (exact) mass is 318 g/mol. The fourth-order valence-electron chi connectivity index (χ4n) is 2.54. The van der Waals surface area contributed by atoms with Crippen LogP contribution in [0, 0.1) is 13.8 Å². The molecule has 2 aromatic heterocycles. The summed E-state index contributed by atoms with van der Waals surface area (Å²) in [5, 5.41) is 13.5. The van der Waals surface area contributed by atoms with Crippen molar-refractivity contribution in [1.82, 2.24) is 20.0 Å². The Morgan fingerprint density at radius 1 is 1.35 bits per heavy atom. The van der Waals surface area contributed by atoms with Gasteiger partial charge >= 0.3 is 0 Å². The van der Waals surface area contributed by atoms with Crippen molar-refractivity contribution < 1.29 is 9.59 Å². The average molecular weight is 318 g/mol. The molecule has 4 N–H and O–H groups in total. The molecule has 0 aromatic carbocycles. The predicted molar refractivity (Wildman–Crippen MR) is 86.4 cm³/mol. The van der Waals surface area contributed by atoms with Crippen LogP contribution in [0.4, 0.5) is 5.69 Å². The van der Waals surface area contributed by atoms with Crippen molar-refractivity contribution >= 4 is 17.5 Å². The van der Waals surface area contributed by atoms with E-state index < -0.39 is 11.8 Å². The first kappa shape index (κ1) is 16.7. The summed E-state index contributed by atoms with van der Waals surface area (Å²) in [6.07, 6.45) is 1.87. The molecular formula is C15H22N6O2. The average Bonchev–Trinajstić information content (AvgIpc) is 3.05. The zero-order valence-corrected chi connectivity index (χ0v) is 13.8. The fourth-order valence-corrected chi connectivity index (χ4v) is 2.54. The van der Waals surface area contributed by atoms with E-state index in [1.54, 1.807) is 13.0 Å². The number of aryl methyl sites for hydroxylation is 2. The lowest BCUT2D eigenvalue weighted by Crippen LogP contribution is -2.19. The van der Waals surface area contributed by atoms with Crippen molar-refractivity contribution in [3.63, 3.8) is 0 Å². The van der Waals surface area contributed by atoms with Gasteiger partial charge in [-0.15, -0.1) is 0 Å². The lowest BCUT2D eigenvalue weighted by Gasteiger charge is -2.14. The summed E-state index contributed by atoms with van der Waals surface area (Å²) in [5.41, 5.74) is 7.32. The van der Waals surface area contributed by atoms with E-state index in [0.29, 0.717) is 11.4 Å². The molecule has 0 unspecified atom stereocenters. The molecule has 0 aliphatic rings. The molecule has 23 heavy (non-hydrogen) atoms. The van der Waals surface area contributed by atoms with Crippen LogP contribution >= 0.6 is 0 Å². The lowest BCUT2D eigenvalue weighted by molar-refractivity contribution is 0.0996. The van der Waals surface area contributed by atoms with Gasteiger partial charge in [-0.3, -0.25) is 19.4 Å². The molecule has 124 valence electrons. The number of hydrogen-bond donors (Lipinski definition) is 3. The molecule has 8 heteroatoms. The van der Waals surface area contributed by atoms with Gasteiger partial charge in [-0.1, -0.05) is 13.8 Å². The smallest absolute Gasteiger partial charge is 0.276 e. The quantitative estimate of drug-likeness (QED) is 0.754. The minimum atomic E-state index is -0.705. The fraction of sp³-hybridized carbons (Fsp3) is 0.467. The SMILES string of the molecule is CCC(CC)n1nc(C(=O)Nc2c(C(N)=O)n[nH]c2C)cc1C. The number of carbonyl (C=O) groups is 2. The van der Waals surface area contributed by atoms with Crippen LogP contribution in [0.5, 0.6) is 0 Å². The van der Waals surface area contributed by atoms with Crippen molar-refractivity contribution in [2.75, 3.05) is 5.32 Å². The van der Waals surface area contributed by atoms with E-state index in [9.17, 15) is 9.59 Å². The number of nitrogens with two attached hydrogens (primary N) is 1. The van der Waals surface area contributed by atoms with E-state index in [0.717, 1.165) is 18.5 Å². The van der Waals surface area contributed by atoms with Crippen LogP contribution in [0.1, 0.15) is 65.1 Å². The van der Waals surface area contributed by atoms with Crippen molar-refractivity contribution in [2.45, 2.75) is 46.6 Å². The highest BCUT2D eigenvalue weighted by molar-refractivity contribution is 6.07. The van der Waals surface area contributed by atoms with Crippen molar-refractivity contribution in [2.24, 2.45) is 5.73 Å². The number of nitrogens with zero attached hydrogens (tertiary/aromatic N) is 3. The summed E-state index contributed by atoms with van der Waals surface area (Å²) in [4.78, 5) is 23.8. The lowest BCUT2D eigenvalue weighted by atomic mass is 10.2. The number of amides is 2. The maximum Gasteiger partial charge on any atom is 0.276 e. The Bertz CT molecular complexity index is 726. The number of aromatic nitrogens is 4. The van der Waals surface area contributed by atoms with E-state index in [-0.39, 0.29) is 17.4 Å². The molecule has 2 aromatic rings. The zero-order chi connectivity index (χ0) is 17.1. The Morgan fingerprint density at radius 2 is 2.00 bits per heavy atom. The molecule has 0 atom stereocenters. The number of rotatable bonds is 6. The number of aromatic amines is 1. The van der Waals surface area contributed by atoms with E-state index in [1.807, 2.05) is 11.6 Å². The highest BCUT2D eigenvalue weighted by Crippen LogP contribution is 2.20. The van der Waals surface area contributed by atoms with Crippen molar-refractivity contribution in [1.29, 1.82) is 0 Å². The second kappa shape index (κ2) is 6.64. The normalized spacial score (nSPS) is 11.0. The Morgan fingerprint density at radius 3 is 2.57 bits per heavy atom. The standard InChI is InChI=1S/C15H22N6O2/c1-5-10(6-2)21-8(3)7-11(20-21)15(23)17-12-9(4)18-19-13(12)14(16)22/h7,10H,5-6H2,1-4H3,(H2,16,22)(H,17,23)(H,18,19). The maximum atomic E-state index is 12.4. The summed E-state index contributed by atoms with van der Waals surface area (Å²) >= 11 is 0. The number of H-pyrrole nitrogens is 1.